The molecule has 92 valence electrons. The minimum atomic E-state index is -0.725. The Labute approximate surface area is 100 Å². The van der Waals surface area contributed by atoms with Crippen LogP contribution in [-0.2, 0) is 6.54 Å². The zero-order chi connectivity index (χ0) is 12.3. The molecule has 0 bridgehead atoms. The van der Waals surface area contributed by atoms with Gasteiger partial charge < -0.3 is 19.5 Å². The maximum atomic E-state index is 9.43. The summed E-state index contributed by atoms with van der Waals surface area (Å²) >= 11 is 0. The molecule has 4 nitrogen and oxygen atoms in total. The molecule has 2 rings (SSSR count). The minimum Gasteiger partial charge on any atom is -0.494 e. The van der Waals surface area contributed by atoms with Gasteiger partial charge in [-0.05, 0) is 31.2 Å². The lowest BCUT2D eigenvalue weighted by Crippen LogP contribution is -2.19. The normalized spacial score (nSPS) is 12.9. The van der Waals surface area contributed by atoms with Gasteiger partial charge in [0.2, 0.25) is 0 Å². The number of fused-ring (bicyclic) bond motifs is 1. The maximum absolute atomic E-state index is 9.43. The van der Waals surface area contributed by atoms with Crippen LogP contribution >= 0.6 is 0 Å². The summed E-state index contributed by atoms with van der Waals surface area (Å²) < 4.78 is 7.35. The van der Waals surface area contributed by atoms with E-state index in [9.17, 15) is 5.11 Å². The summed E-state index contributed by atoms with van der Waals surface area (Å²) in [6.45, 7) is 2.77. The third kappa shape index (κ3) is 2.60. The van der Waals surface area contributed by atoms with Crippen LogP contribution in [0.25, 0.3) is 10.9 Å². The Morgan fingerprint density at radius 2 is 2.18 bits per heavy atom. The van der Waals surface area contributed by atoms with Crippen molar-refractivity contribution in [3.05, 3.63) is 30.5 Å². The Morgan fingerprint density at radius 1 is 1.35 bits per heavy atom. The molecule has 1 aromatic heterocycles. The Bertz CT molecular complexity index is 492. The second-order valence-electron chi connectivity index (χ2n) is 3.96. The molecular formula is C13H17NO3. The van der Waals surface area contributed by atoms with Gasteiger partial charge in [-0.3, -0.25) is 0 Å². The van der Waals surface area contributed by atoms with Gasteiger partial charge in [0.25, 0.3) is 0 Å². The van der Waals surface area contributed by atoms with Crippen molar-refractivity contribution < 1.29 is 14.9 Å². The van der Waals surface area contributed by atoms with E-state index in [1.54, 1.807) is 0 Å². The van der Waals surface area contributed by atoms with Crippen molar-refractivity contribution in [1.29, 1.82) is 0 Å². The smallest absolute Gasteiger partial charge is 0.120 e. The first-order chi connectivity index (χ1) is 8.24. The first-order valence-electron chi connectivity index (χ1n) is 5.75. The molecule has 0 spiro atoms. The van der Waals surface area contributed by atoms with Gasteiger partial charge in [0.1, 0.15) is 5.75 Å². The molecule has 0 amide bonds. The van der Waals surface area contributed by atoms with E-state index in [4.69, 9.17) is 9.84 Å². The number of benzene rings is 1. The third-order valence-corrected chi connectivity index (χ3v) is 2.67. The third-order valence-electron chi connectivity index (χ3n) is 2.67. The Kier molecular flexibility index (Phi) is 3.66. The van der Waals surface area contributed by atoms with Gasteiger partial charge in [-0.25, -0.2) is 0 Å². The second kappa shape index (κ2) is 5.21. The van der Waals surface area contributed by atoms with E-state index < -0.39 is 6.10 Å². The van der Waals surface area contributed by atoms with Crippen molar-refractivity contribution in [3.8, 4) is 5.75 Å². The zero-order valence-electron chi connectivity index (χ0n) is 9.84. The summed E-state index contributed by atoms with van der Waals surface area (Å²) in [6.07, 6.45) is 1.18. The van der Waals surface area contributed by atoms with Gasteiger partial charge in [-0.15, -0.1) is 0 Å². The van der Waals surface area contributed by atoms with Crippen LogP contribution in [0.15, 0.2) is 30.5 Å². The molecule has 0 fully saturated rings. The summed E-state index contributed by atoms with van der Waals surface area (Å²) in [4.78, 5) is 0. The van der Waals surface area contributed by atoms with Crippen LogP contribution in [0, 0.1) is 0 Å². The molecule has 1 heterocycles. The fraction of sp³-hybridized carbons (Fsp3) is 0.385. The highest BCUT2D eigenvalue weighted by Crippen LogP contribution is 2.22. The number of rotatable bonds is 5. The topological polar surface area (TPSA) is 54.6 Å². The first-order valence-corrected chi connectivity index (χ1v) is 5.75. The molecule has 17 heavy (non-hydrogen) atoms. The van der Waals surface area contributed by atoms with Crippen LogP contribution in [0.4, 0.5) is 0 Å². The summed E-state index contributed by atoms with van der Waals surface area (Å²) in [5.74, 6) is 0.848. The predicted octanol–water partition coefficient (Wildman–Crippen LogP) is 1.39. The maximum Gasteiger partial charge on any atom is 0.120 e. The van der Waals surface area contributed by atoms with Crippen molar-refractivity contribution in [3.63, 3.8) is 0 Å². The Hall–Kier alpha value is -1.52. The summed E-state index contributed by atoms with van der Waals surface area (Å²) in [5, 5.41) is 19.3. The van der Waals surface area contributed by atoms with Crippen LogP contribution in [0.2, 0.25) is 0 Å². The van der Waals surface area contributed by atoms with Gasteiger partial charge >= 0.3 is 0 Å². The van der Waals surface area contributed by atoms with Crippen molar-refractivity contribution in [1.82, 2.24) is 4.57 Å². The van der Waals surface area contributed by atoms with E-state index in [1.807, 2.05) is 42.0 Å². The van der Waals surface area contributed by atoms with Gasteiger partial charge in [-0.1, -0.05) is 0 Å². The average Bonchev–Trinajstić information content (AvgIpc) is 2.72. The molecule has 0 saturated heterocycles. The molecule has 0 aliphatic carbocycles. The zero-order valence-corrected chi connectivity index (χ0v) is 9.84. The second-order valence-corrected chi connectivity index (χ2v) is 3.96. The summed E-state index contributed by atoms with van der Waals surface area (Å²) in [7, 11) is 0. The lowest BCUT2D eigenvalue weighted by molar-refractivity contribution is 0.0822. The number of aliphatic hydroxyl groups is 2. The van der Waals surface area contributed by atoms with Crippen LogP contribution in [0.5, 0.6) is 5.75 Å². The standard InChI is InChI=1S/C13H17NO3/c1-2-17-12-3-4-13-10(7-12)5-6-14(13)8-11(16)9-15/h3-7,11,15-16H,2,8-9H2,1H3. The molecule has 4 heteroatoms. The molecule has 2 aromatic rings. The molecular weight excluding hydrogens is 218 g/mol. The molecule has 0 radical (unpaired) electrons. The molecule has 1 unspecified atom stereocenters. The van der Waals surface area contributed by atoms with Crippen LogP contribution in [0.1, 0.15) is 6.92 Å². The van der Waals surface area contributed by atoms with Gasteiger partial charge in [-0.2, -0.15) is 0 Å². The fourth-order valence-corrected chi connectivity index (χ4v) is 1.88. The molecule has 0 aliphatic rings. The Morgan fingerprint density at radius 3 is 2.88 bits per heavy atom. The van der Waals surface area contributed by atoms with Crippen LogP contribution in [0.3, 0.4) is 0 Å². The lowest BCUT2D eigenvalue weighted by atomic mass is 10.2. The van der Waals surface area contributed by atoms with E-state index in [1.165, 1.54) is 0 Å². The van der Waals surface area contributed by atoms with E-state index in [2.05, 4.69) is 0 Å². The monoisotopic (exact) mass is 235 g/mol. The van der Waals surface area contributed by atoms with Crippen molar-refractivity contribution in [2.45, 2.75) is 19.6 Å². The number of hydrogen-bond acceptors (Lipinski definition) is 3. The average molecular weight is 235 g/mol. The number of nitrogens with zero attached hydrogens (tertiary/aromatic N) is 1. The first kappa shape index (κ1) is 12.0. The SMILES string of the molecule is CCOc1ccc2c(ccn2CC(O)CO)c1. The van der Waals surface area contributed by atoms with E-state index >= 15 is 0 Å². The van der Waals surface area contributed by atoms with Gasteiger partial charge in [0.15, 0.2) is 0 Å². The number of aliphatic hydroxyl groups excluding tert-OH is 2. The molecule has 1 aromatic carbocycles. The van der Waals surface area contributed by atoms with Gasteiger partial charge in [0.05, 0.1) is 25.9 Å². The minimum absolute atomic E-state index is 0.225. The summed E-state index contributed by atoms with van der Waals surface area (Å²) in [5.41, 5.74) is 1.03. The summed E-state index contributed by atoms with van der Waals surface area (Å²) in [6, 6.07) is 7.82. The van der Waals surface area contributed by atoms with Gasteiger partial charge in [0, 0.05) is 17.1 Å². The van der Waals surface area contributed by atoms with E-state index in [-0.39, 0.29) is 6.61 Å². The van der Waals surface area contributed by atoms with Crippen molar-refractivity contribution >= 4 is 10.9 Å². The predicted molar refractivity (Wildman–Crippen MR) is 66.2 cm³/mol. The van der Waals surface area contributed by atoms with Crippen molar-refractivity contribution in [2.75, 3.05) is 13.2 Å². The van der Waals surface area contributed by atoms with Crippen LogP contribution in [-0.4, -0.2) is 34.1 Å². The van der Waals surface area contributed by atoms with Crippen LogP contribution < -0.4 is 4.74 Å². The van der Waals surface area contributed by atoms with E-state index in [0.29, 0.717) is 13.2 Å². The highest BCUT2D eigenvalue weighted by molar-refractivity contribution is 5.81. The van der Waals surface area contributed by atoms with E-state index in [0.717, 1.165) is 16.7 Å². The lowest BCUT2D eigenvalue weighted by Gasteiger charge is -2.10. The van der Waals surface area contributed by atoms with Crippen molar-refractivity contribution in [2.24, 2.45) is 0 Å². The molecule has 0 saturated carbocycles. The fourth-order valence-electron chi connectivity index (χ4n) is 1.88. The molecule has 1 atom stereocenters. The number of hydrogen-bond donors (Lipinski definition) is 2. The highest BCUT2D eigenvalue weighted by atomic mass is 16.5. The number of aromatic nitrogens is 1. The number of ether oxygens (including phenoxy) is 1. The highest BCUT2D eigenvalue weighted by Gasteiger charge is 2.07. The molecule has 2 N–H and O–H groups in total. The Balaban J connectivity index is 2.28. The largest absolute Gasteiger partial charge is 0.494 e. The molecule has 0 aliphatic heterocycles. The quantitative estimate of drug-likeness (QED) is 0.823.